The predicted molar refractivity (Wildman–Crippen MR) is 95.3 cm³/mol. The van der Waals surface area contributed by atoms with Gasteiger partial charge in [-0.2, -0.15) is 0 Å². The maximum Gasteiger partial charge on any atom is 0.267 e. The van der Waals surface area contributed by atoms with Crippen LogP contribution in [0.15, 0.2) is 59.1 Å². The zero-order valence-corrected chi connectivity index (χ0v) is 13.9. The largest absolute Gasteiger partial charge is 0.268 e. The van der Waals surface area contributed by atoms with Crippen molar-refractivity contribution in [2.75, 3.05) is 6.54 Å². The van der Waals surface area contributed by atoms with Crippen molar-refractivity contribution in [2.45, 2.75) is 12.8 Å². The highest BCUT2D eigenvalue weighted by molar-refractivity contribution is 6.33. The molecule has 0 spiro atoms. The van der Waals surface area contributed by atoms with Crippen LogP contribution in [0.1, 0.15) is 39.1 Å². The van der Waals surface area contributed by atoms with Crippen molar-refractivity contribution >= 4 is 23.2 Å². The van der Waals surface area contributed by atoms with Gasteiger partial charge in [-0.05, 0) is 54.2 Å². The van der Waals surface area contributed by atoms with Crippen LogP contribution in [0.3, 0.4) is 0 Å². The Morgan fingerprint density at radius 1 is 0.923 bits per heavy atom. The molecule has 2 amide bonds. The lowest BCUT2D eigenvalue weighted by Gasteiger charge is -2.17. The monoisotopic (exact) mass is 346 g/mol. The number of fused-ring (bicyclic) bond motifs is 1. The van der Waals surface area contributed by atoms with Gasteiger partial charge in [-0.25, -0.2) is 9.29 Å². The van der Waals surface area contributed by atoms with Crippen molar-refractivity contribution in [3.8, 4) is 0 Å². The van der Waals surface area contributed by atoms with Crippen LogP contribution >= 0.6 is 0 Å². The zero-order chi connectivity index (χ0) is 17.8. The lowest BCUT2D eigenvalue weighted by Crippen LogP contribution is -2.37. The third-order valence-electron chi connectivity index (χ3n) is 5.14. The molecule has 0 saturated heterocycles. The minimum Gasteiger partial charge on any atom is -0.268 e. The van der Waals surface area contributed by atoms with E-state index in [-0.39, 0.29) is 17.6 Å². The Balaban J connectivity index is 1.59. The van der Waals surface area contributed by atoms with E-state index < -0.39 is 0 Å². The van der Waals surface area contributed by atoms with Gasteiger partial charge in [0.2, 0.25) is 0 Å². The standard InChI is InChI=1S/C21H15FN2O2/c22-14-9-7-12(8-10-14)17-11-23-19(18(17)13-5-6-13)24-20(25)15-3-1-2-4-16(15)21(24)26/h1-4,7-10,13H,5-6,11H2. The minimum atomic E-state index is -0.317. The number of carbonyl (C=O) groups excluding carboxylic acids is 2. The first-order chi connectivity index (χ1) is 12.6. The SMILES string of the molecule is O=C1c2ccccc2C(=O)N1C1=NCC(c2ccc(F)cc2)=C1C1CC1. The van der Waals surface area contributed by atoms with E-state index in [1.807, 2.05) is 0 Å². The summed E-state index contributed by atoms with van der Waals surface area (Å²) >= 11 is 0. The second-order valence-corrected chi connectivity index (χ2v) is 6.80. The van der Waals surface area contributed by atoms with Crippen molar-refractivity contribution in [3.63, 3.8) is 0 Å². The van der Waals surface area contributed by atoms with Gasteiger partial charge in [0.1, 0.15) is 11.7 Å². The van der Waals surface area contributed by atoms with Gasteiger partial charge < -0.3 is 0 Å². The molecule has 2 heterocycles. The molecule has 128 valence electrons. The van der Waals surface area contributed by atoms with Gasteiger partial charge in [0.15, 0.2) is 0 Å². The summed E-state index contributed by atoms with van der Waals surface area (Å²) in [5, 5.41) is 0. The molecule has 0 atom stereocenters. The van der Waals surface area contributed by atoms with Crippen molar-refractivity contribution in [2.24, 2.45) is 10.9 Å². The number of halogens is 1. The molecule has 4 nitrogen and oxygen atoms in total. The van der Waals surface area contributed by atoms with E-state index in [1.165, 1.54) is 17.0 Å². The van der Waals surface area contributed by atoms with E-state index >= 15 is 0 Å². The summed E-state index contributed by atoms with van der Waals surface area (Å²) < 4.78 is 13.3. The van der Waals surface area contributed by atoms with Gasteiger partial charge in [-0.15, -0.1) is 0 Å². The van der Waals surface area contributed by atoms with E-state index in [1.54, 1.807) is 36.4 Å². The summed E-state index contributed by atoms with van der Waals surface area (Å²) in [6, 6.07) is 13.2. The third-order valence-corrected chi connectivity index (χ3v) is 5.14. The molecule has 0 radical (unpaired) electrons. The van der Waals surface area contributed by atoms with E-state index in [2.05, 4.69) is 4.99 Å². The summed E-state index contributed by atoms with van der Waals surface area (Å²) in [4.78, 5) is 31.4. The summed E-state index contributed by atoms with van der Waals surface area (Å²) in [6.07, 6.45) is 2.03. The predicted octanol–water partition coefficient (Wildman–Crippen LogP) is 3.70. The number of hydrogen-bond acceptors (Lipinski definition) is 3. The first-order valence-electron chi connectivity index (χ1n) is 8.67. The molecular formula is C21H15FN2O2. The molecule has 2 aromatic rings. The number of benzene rings is 2. The molecule has 26 heavy (non-hydrogen) atoms. The Morgan fingerprint density at radius 2 is 1.54 bits per heavy atom. The summed E-state index contributed by atoms with van der Waals surface area (Å²) in [6.45, 7) is 0.403. The van der Waals surface area contributed by atoms with Crippen LogP contribution < -0.4 is 0 Å². The van der Waals surface area contributed by atoms with Gasteiger partial charge in [-0.1, -0.05) is 24.3 Å². The quantitative estimate of drug-likeness (QED) is 0.779. The smallest absolute Gasteiger partial charge is 0.267 e. The molecule has 0 unspecified atom stereocenters. The van der Waals surface area contributed by atoms with Crippen molar-refractivity contribution in [1.29, 1.82) is 0 Å². The number of nitrogens with zero attached hydrogens (tertiary/aromatic N) is 2. The van der Waals surface area contributed by atoms with Crippen LogP contribution in [-0.2, 0) is 0 Å². The Bertz CT molecular complexity index is 982. The number of amides is 2. The number of imide groups is 1. The van der Waals surface area contributed by atoms with Crippen LogP contribution in [0.5, 0.6) is 0 Å². The highest BCUT2D eigenvalue weighted by Gasteiger charge is 2.44. The van der Waals surface area contributed by atoms with Crippen molar-refractivity contribution in [3.05, 3.63) is 76.6 Å². The Labute approximate surface area is 149 Å². The van der Waals surface area contributed by atoms with Gasteiger partial charge in [-0.3, -0.25) is 14.6 Å². The van der Waals surface area contributed by atoms with Crippen LogP contribution in [0.2, 0.25) is 0 Å². The molecule has 1 aliphatic carbocycles. The van der Waals surface area contributed by atoms with Crippen molar-refractivity contribution in [1.82, 2.24) is 4.90 Å². The highest BCUT2D eigenvalue weighted by atomic mass is 19.1. The highest BCUT2D eigenvalue weighted by Crippen LogP contribution is 2.44. The normalized spacial score (nSPS) is 19.3. The average Bonchev–Trinajstić information content (AvgIpc) is 3.36. The summed E-state index contributed by atoms with van der Waals surface area (Å²) in [7, 11) is 0. The Morgan fingerprint density at radius 3 is 2.12 bits per heavy atom. The molecule has 2 aromatic carbocycles. The Hall–Kier alpha value is -3.08. The summed E-state index contributed by atoms with van der Waals surface area (Å²) in [5.74, 6) is -0.147. The first kappa shape index (κ1) is 15.2. The fourth-order valence-electron chi connectivity index (χ4n) is 3.73. The first-order valence-corrected chi connectivity index (χ1v) is 8.67. The molecule has 0 N–H and O–H groups in total. The number of aliphatic imine (C=N–C) groups is 1. The molecule has 1 saturated carbocycles. The summed E-state index contributed by atoms with van der Waals surface area (Å²) in [5.41, 5.74) is 3.69. The molecular weight excluding hydrogens is 331 g/mol. The van der Waals surface area contributed by atoms with Gasteiger partial charge in [0, 0.05) is 5.57 Å². The number of carbonyl (C=O) groups is 2. The van der Waals surface area contributed by atoms with E-state index in [9.17, 15) is 14.0 Å². The molecule has 5 rings (SSSR count). The second-order valence-electron chi connectivity index (χ2n) is 6.80. The van der Waals surface area contributed by atoms with E-state index in [0.717, 1.165) is 29.6 Å². The number of amidine groups is 1. The molecule has 1 fully saturated rings. The van der Waals surface area contributed by atoms with Crippen LogP contribution in [0.4, 0.5) is 4.39 Å². The Kier molecular flexibility index (Phi) is 3.19. The maximum atomic E-state index is 13.3. The van der Waals surface area contributed by atoms with Crippen LogP contribution in [-0.4, -0.2) is 29.1 Å². The van der Waals surface area contributed by atoms with E-state index in [0.29, 0.717) is 29.4 Å². The molecule has 3 aliphatic rings. The van der Waals surface area contributed by atoms with Crippen LogP contribution in [0.25, 0.3) is 5.57 Å². The third kappa shape index (κ3) is 2.17. The number of rotatable bonds is 2. The molecule has 2 aliphatic heterocycles. The van der Waals surface area contributed by atoms with Crippen molar-refractivity contribution < 1.29 is 14.0 Å². The second kappa shape index (κ2) is 5.46. The van der Waals surface area contributed by atoms with Gasteiger partial charge in [0.25, 0.3) is 11.8 Å². The average molecular weight is 346 g/mol. The lowest BCUT2D eigenvalue weighted by atomic mass is 9.97. The fourth-order valence-corrected chi connectivity index (χ4v) is 3.73. The van der Waals surface area contributed by atoms with Gasteiger partial charge in [0.05, 0.1) is 17.7 Å². The van der Waals surface area contributed by atoms with E-state index in [4.69, 9.17) is 0 Å². The van der Waals surface area contributed by atoms with Gasteiger partial charge >= 0.3 is 0 Å². The topological polar surface area (TPSA) is 49.7 Å². The molecule has 0 aromatic heterocycles. The number of hydrogen-bond donors (Lipinski definition) is 0. The molecule has 0 bridgehead atoms. The lowest BCUT2D eigenvalue weighted by molar-refractivity contribution is 0.0749. The zero-order valence-electron chi connectivity index (χ0n) is 13.9. The fraction of sp³-hybridized carbons (Fsp3) is 0.190. The van der Waals surface area contributed by atoms with Crippen LogP contribution in [0, 0.1) is 11.7 Å². The minimum absolute atomic E-state index is 0.290. The maximum absolute atomic E-state index is 13.3. The molecule has 5 heteroatoms.